The van der Waals surface area contributed by atoms with E-state index in [1.165, 1.54) is 0 Å². The highest BCUT2D eigenvalue weighted by molar-refractivity contribution is 5.77. The Balaban J connectivity index is 2.25. The van der Waals surface area contributed by atoms with Crippen molar-refractivity contribution in [3.8, 4) is 23.0 Å². The van der Waals surface area contributed by atoms with Crippen LogP contribution in [0.3, 0.4) is 0 Å². The summed E-state index contributed by atoms with van der Waals surface area (Å²) in [5.74, 6) is 1.75. The summed E-state index contributed by atoms with van der Waals surface area (Å²) in [6.45, 7) is 3.90. The summed E-state index contributed by atoms with van der Waals surface area (Å²) in [5.41, 5.74) is 0.639. The van der Waals surface area contributed by atoms with Gasteiger partial charge in [-0.15, -0.1) is 0 Å². The Morgan fingerprint density at radius 2 is 1.18 bits per heavy atom. The van der Waals surface area contributed by atoms with E-state index in [1.807, 2.05) is 50.2 Å². The molecule has 28 heavy (non-hydrogen) atoms. The van der Waals surface area contributed by atoms with Gasteiger partial charge < -0.3 is 23.7 Å². The summed E-state index contributed by atoms with van der Waals surface area (Å²) in [6.07, 6.45) is 0. The summed E-state index contributed by atoms with van der Waals surface area (Å²) in [4.78, 5) is 12.6. The molecule has 1 aliphatic heterocycles. The minimum atomic E-state index is -0.977. The normalized spacial score (nSPS) is 20.4. The van der Waals surface area contributed by atoms with Crippen molar-refractivity contribution in [2.24, 2.45) is 11.8 Å². The second-order valence-corrected chi connectivity index (χ2v) is 6.87. The topological polar surface area (TPSA) is 63.2 Å². The van der Waals surface area contributed by atoms with E-state index >= 15 is 0 Å². The van der Waals surface area contributed by atoms with Crippen molar-refractivity contribution in [2.45, 2.75) is 19.4 Å². The Labute approximate surface area is 165 Å². The molecule has 2 aromatic carbocycles. The SMILES string of the molecule is COc1ccc(C2(c3ccc(OC)c(OC)c3)OC(=O)C(C)C2C)cc1OC. The second kappa shape index (κ2) is 7.62. The first-order chi connectivity index (χ1) is 13.4. The molecular formula is C22H26O6. The van der Waals surface area contributed by atoms with Gasteiger partial charge in [0.2, 0.25) is 0 Å². The number of hydrogen-bond donors (Lipinski definition) is 0. The third-order valence-corrected chi connectivity index (χ3v) is 5.65. The van der Waals surface area contributed by atoms with Crippen molar-refractivity contribution in [2.75, 3.05) is 28.4 Å². The molecule has 0 aromatic heterocycles. The van der Waals surface area contributed by atoms with Gasteiger partial charge in [-0.2, -0.15) is 0 Å². The fourth-order valence-corrected chi connectivity index (χ4v) is 3.85. The minimum absolute atomic E-state index is 0.115. The smallest absolute Gasteiger partial charge is 0.310 e. The average Bonchev–Trinajstić information content (AvgIpc) is 2.97. The lowest BCUT2D eigenvalue weighted by molar-refractivity contribution is -0.148. The largest absolute Gasteiger partial charge is 0.493 e. The van der Waals surface area contributed by atoms with Gasteiger partial charge in [0.25, 0.3) is 0 Å². The van der Waals surface area contributed by atoms with Crippen LogP contribution < -0.4 is 18.9 Å². The molecule has 1 heterocycles. The highest BCUT2D eigenvalue weighted by atomic mass is 16.6. The summed E-state index contributed by atoms with van der Waals surface area (Å²) in [5, 5.41) is 0. The summed E-state index contributed by atoms with van der Waals surface area (Å²) >= 11 is 0. The summed E-state index contributed by atoms with van der Waals surface area (Å²) in [6, 6.07) is 11.2. The molecule has 1 aliphatic rings. The fraction of sp³-hybridized carbons (Fsp3) is 0.409. The predicted octanol–water partition coefficient (Wildman–Crippen LogP) is 3.79. The van der Waals surface area contributed by atoms with Crippen molar-refractivity contribution in [3.05, 3.63) is 47.5 Å². The molecule has 0 N–H and O–H groups in total. The van der Waals surface area contributed by atoms with Crippen molar-refractivity contribution >= 4 is 5.97 Å². The van der Waals surface area contributed by atoms with E-state index in [9.17, 15) is 4.79 Å². The van der Waals surface area contributed by atoms with Gasteiger partial charge in [0.05, 0.1) is 34.4 Å². The molecule has 6 heteroatoms. The second-order valence-electron chi connectivity index (χ2n) is 6.87. The minimum Gasteiger partial charge on any atom is -0.493 e. The Morgan fingerprint density at radius 1 is 0.750 bits per heavy atom. The number of benzene rings is 2. The van der Waals surface area contributed by atoms with Crippen LogP contribution in [0.25, 0.3) is 0 Å². The van der Waals surface area contributed by atoms with Gasteiger partial charge in [0.15, 0.2) is 28.6 Å². The van der Waals surface area contributed by atoms with E-state index < -0.39 is 5.60 Å². The standard InChI is InChI=1S/C22H26O6/c1-13-14(2)22(28-21(13)23,15-7-9-17(24-3)19(11-15)26-5)16-8-10-18(25-4)20(12-16)27-6/h7-14H,1-6H3. The summed E-state index contributed by atoms with van der Waals surface area (Å²) in [7, 11) is 6.33. The van der Waals surface area contributed by atoms with Crippen LogP contribution in [0.2, 0.25) is 0 Å². The van der Waals surface area contributed by atoms with Crippen molar-refractivity contribution in [3.63, 3.8) is 0 Å². The molecule has 150 valence electrons. The monoisotopic (exact) mass is 386 g/mol. The van der Waals surface area contributed by atoms with Gasteiger partial charge in [-0.25, -0.2) is 0 Å². The molecule has 0 bridgehead atoms. The van der Waals surface area contributed by atoms with Crippen LogP contribution >= 0.6 is 0 Å². The first kappa shape index (κ1) is 19.9. The van der Waals surface area contributed by atoms with Gasteiger partial charge in [-0.1, -0.05) is 26.0 Å². The van der Waals surface area contributed by atoms with Crippen LogP contribution in [-0.4, -0.2) is 34.4 Å². The van der Waals surface area contributed by atoms with E-state index in [1.54, 1.807) is 28.4 Å². The van der Waals surface area contributed by atoms with E-state index in [-0.39, 0.29) is 17.8 Å². The number of methoxy groups -OCH3 is 4. The first-order valence-corrected chi connectivity index (χ1v) is 9.10. The number of rotatable bonds is 6. The molecule has 2 aromatic rings. The fourth-order valence-electron chi connectivity index (χ4n) is 3.85. The van der Waals surface area contributed by atoms with E-state index in [0.29, 0.717) is 23.0 Å². The van der Waals surface area contributed by atoms with Gasteiger partial charge in [-0.05, 0) is 24.3 Å². The van der Waals surface area contributed by atoms with Crippen LogP contribution in [0.5, 0.6) is 23.0 Å². The van der Waals surface area contributed by atoms with Crippen LogP contribution in [0.4, 0.5) is 0 Å². The number of hydrogen-bond acceptors (Lipinski definition) is 6. The van der Waals surface area contributed by atoms with E-state index in [4.69, 9.17) is 23.7 Å². The van der Waals surface area contributed by atoms with Crippen LogP contribution in [0, 0.1) is 11.8 Å². The molecule has 0 spiro atoms. The Kier molecular flexibility index (Phi) is 5.40. The Hall–Kier alpha value is -2.89. The van der Waals surface area contributed by atoms with Crippen molar-refractivity contribution in [1.82, 2.24) is 0 Å². The van der Waals surface area contributed by atoms with Crippen molar-refractivity contribution in [1.29, 1.82) is 0 Å². The highest BCUT2D eigenvalue weighted by Gasteiger charge is 2.54. The molecule has 0 radical (unpaired) electrons. The molecule has 3 rings (SSSR count). The van der Waals surface area contributed by atoms with Crippen LogP contribution in [0.1, 0.15) is 25.0 Å². The number of esters is 1. The van der Waals surface area contributed by atoms with E-state index in [0.717, 1.165) is 11.1 Å². The quantitative estimate of drug-likeness (QED) is 0.704. The zero-order valence-corrected chi connectivity index (χ0v) is 17.1. The maximum Gasteiger partial charge on any atom is 0.310 e. The molecule has 0 aliphatic carbocycles. The van der Waals surface area contributed by atoms with Crippen LogP contribution in [-0.2, 0) is 15.1 Å². The summed E-state index contributed by atoms with van der Waals surface area (Å²) < 4.78 is 27.7. The Morgan fingerprint density at radius 3 is 1.50 bits per heavy atom. The highest BCUT2D eigenvalue weighted by Crippen LogP contribution is 2.51. The number of ether oxygens (including phenoxy) is 5. The van der Waals surface area contributed by atoms with Gasteiger partial charge in [-0.3, -0.25) is 4.79 Å². The van der Waals surface area contributed by atoms with Gasteiger partial charge in [0.1, 0.15) is 0 Å². The van der Waals surface area contributed by atoms with Gasteiger partial charge in [0, 0.05) is 17.0 Å². The maximum absolute atomic E-state index is 12.6. The lowest BCUT2D eigenvalue weighted by Gasteiger charge is -2.34. The predicted molar refractivity (Wildman–Crippen MR) is 104 cm³/mol. The number of cyclic esters (lactones) is 1. The zero-order valence-electron chi connectivity index (χ0n) is 17.1. The van der Waals surface area contributed by atoms with E-state index in [2.05, 4.69) is 0 Å². The molecule has 0 saturated carbocycles. The molecule has 2 atom stereocenters. The third kappa shape index (κ3) is 2.93. The molecule has 1 saturated heterocycles. The van der Waals surface area contributed by atoms with Crippen molar-refractivity contribution < 1.29 is 28.5 Å². The Bertz CT molecular complexity index is 820. The molecule has 0 amide bonds. The number of carbonyl (C=O) groups excluding carboxylic acids is 1. The lowest BCUT2D eigenvalue weighted by atomic mass is 9.74. The molecule has 2 unspecified atom stereocenters. The lowest BCUT2D eigenvalue weighted by Crippen LogP contribution is -2.34. The average molecular weight is 386 g/mol. The number of carbonyl (C=O) groups is 1. The molecule has 1 fully saturated rings. The van der Waals surface area contributed by atoms with Gasteiger partial charge >= 0.3 is 5.97 Å². The maximum atomic E-state index is 12.6. The third-order valence-electron chi connectivity index (χ3n) is 5.65. The zero-order chi connectivity index (χ0) is 20.5. The molecular weight excluding hydrogens is 360 g/mol. The first-order valence-electron chi connectivity index (χ1n) is 9.10. The van der Waals surface area contributed by atoms with Crippen LogP contribution in [0.15, 0.2) is 36.4 Å². The molecule has 6 nitrogen and oxygen atoms in total.